The molecule has 2 rings (SSSR count). The number of hydrogen-bond acceptors (Lipinski definition) is 4. The molecule has 0 N–H and O–H groups in total. The molecule has 2 aromatic rings. The molecule has 7 heteroatoms. The molecule has 0 fully saturated rings. The Kier molecular flexibility index (Phi) is 9.41. The van der Waals surface area contributed by atoms with Crippen molar-refractivity contribution in [3.63, 3.8) is 0 Å². The predicted octanol–water partition coefficient (Wildman–Crippen LogP) is 3.56. The van der Waals surface area contributed by atoms with Crippen molar-refractivity contribution in [2.45, 2.75) is 6.92 Å². The lowest BCUT2D eigenvalue weighted by Gasteiger charge is -2.10. The second kappa shape index (κ2) is 11.3. The molecular formula is C22H25BrN2O4. The van der Waals surface area contributed by atoms with Gasteiger partial charge >= 0.3 is 0 Å². The number of halogens is 1. The number of Topliss-reactive ketones (excluding diaryl/α,β-unsaturated/α-hetero) is 2. The van der Waals surface area contributed by atoms with Crippen LogP contribution < -0.4 is 0 Å². The fraction of sp³-hybridized carbons (Fsp3) is 0.273. The van der Waals surface area contributed by atoms with Crippen molar-refractivity contribution in [3.8, 4) is 0 Å². The van der Waals surface area contributed by atoms with Crippen LogP contribution in [0.15, 0.2) is 48.5 Å². The summed E-state index contributed by atoms with van der Waals surface area (Å²) < 4.78 is 0. The summed E-state index contributed by atoms with van der Waals surface area (Å²) in [5.41, 5.74) is 2.42. The van der Waals surface area contributed by atoms with E-state index in [4.69, 9.17) is 0 Å². The molecule has 0 heterocycles. The molecule has 2 amide bonds. The van der Waals surface area contributed by atoms with Crippen molar-refractivity contribution in [1.29, 1.82) is 0 Å². The van der Waals surface area contributed by atoms with Gasteiger partial charge < -0.3 is 9.80 Å². The van der Waals surface area contributed by atoms with E-state index in [1.165, 1.54) is 16.7 Å². The number of alkyl halides is 1. The summed E-state index contributed by atoms with van der Waals surface area (Å²) in [6, 6.07) is 13.3. The van der Waals surface area contributed by atoms with Gasteiger partial charge in [-0.2, -0.15) is 0 Å². The first-order valence-corrected chi connectivity index (χ1v) is 9.94. The SMILES string of the molecule is CC(=O)c1ccc(C(=O)N(C)C)cc1.CN(C)C(=O)c1ccc(C(=O)CBr)cc1. The smallest absolute Gasteiger partial charge is 0.253 e. The van der Waals surface area contributed by atoms with Crippen molar-refractivity contribution in [3.05, 3.63) is 70.8 Å². The van der Waals surface area contributed by atoms with Crippen LogP contribution in [-0.2, 0) is 0 Å². The molecule has 0 spiro atoms. The molecule has 6 nitrogen and oxygen atoms in total. The van der Waals surface area contributed by atoms with Gasteiger partial charge in [0.1, 0.15) is 0 Å². The first-order chi connectivity index (χ1) is 13.6. The standard InChI is InChI=1S/C11H12BrNO2.C11H13NO2/c1-13(2)11(15)9-5-3-8(4-6-9)10(14)7-12;1-8(13)9-4-6-10(7-5-9)11(14)12(2)3/h3-6H,7H2,1-2H3;4-7H,1-3H3. The van der Waals surface area contributed by atoms with Crippen molar-refractivity contribution in [2.75, 3.05) is 33.5 Å². The lowest BCUT2D eigenvalue weighted by Crippen LogP contribution is -2.21. The van der Waals surface area contributed by atoms with Crippen LogP contribution in [0.3, 0.4) is 0 Å². The summed E-state index contributed by atoms with van der Waals surface area (Å²) in [4.78, 5) is 48.2. The molecule has 29 heavy (non-hydrogen) atoms. The van der Waals surface area contributed by atoms with E-state index >= 15 is 0 Å². The normalized spacial score (nSPS) is 9.72. The van der Waals surface area contributed by atoms with Crippen LogP contribution >= 0.6 is 15.9 Å². The fourth-order valence-corrected chi connectivity index (χ4v) is 2.56. The van der Waals surface area contributed by atoms with Gasteiger partial charge in [-0.25, -0.2) is 0 Å². The van der Waals surface area contributed by atoms with Crippen molar-refractivity contribution in [2.24, 2.45) is 0 Å². The minimum absolute atomic E-state index is 0.00820. The van der Waals surface area contributed by atoms with Gasteiger partial charge in [0.15, 0.2) is 11.6 Å². The van der Waals surface area contributed by atoms with Crippen molar-refractivity contribution < 1.29 is 19.2 Å². The molecule has 0 aromatic heterocycles. The summed E-state index contributed by atoms with van der Waals surface area (Å²) in [5, 5.41) is 0.300. The van der Waals surface area contributed by atoms with E-state index in [0.717, 1.165) is 0 Å². The lowest BCUT2D eigenvalue weighted by molar-refractivity contribution is 0.0820. The average Bonchev–Trinajstić information content (AvgIpc) is 2.72. The number of carbonyl (C=O) groups excluding carboxylic acids is 4. The van der Waals surface area contributed by atoms with Crippen LogP contribution in [-0.4, -0.2) is 66.7 Å². The first kappa shape index (κ1) is 24.2. The summed E-state index contributed by atoms with van der Waals surface area (Å²) in [6.45, 7) is 1.50. The topological polar surface area (TPSA) is 74.8 Å². The zero-order valence-electron chi connectivity index (χ0n) is 17.2. The predicted molar refractivity (Wildman–Crippen MR) is 117 cm³/mol. The molecule has 0 atom stereocenters. The van der Waals surface area contributed by atoms with E-state index in [-0.39, 0.29) is 23.4 Å². The van der Waals surface area contributed by atoms with E-state index in [1.54, 1.807) is 76.7 Å². The maximum Gasteiger partial charge on any atom is 0.253 e. The number of amides is 2. The third kappa shape index (κ3) is 7.27. The Morgan fingerprint density at radius 1 is 0.655 bits per heavy atom. The summed E-state index contributed by atoms with van der Waals surface area (Å²) >= 11 is 3.10. The molecule has 0 unspecified atom stereocenters. The van der Waals surface area contributed by atoms with Gasteiger partial charge in [0, 0.05) is 50.4 Å². The lowest BCUT2D eigenvalue weighted by atomic mass is 10.1. The molecule has 154 valence electrons. The van der Waals surface area contributed by atoms with Crippen LogP contribution in [0.4, 0.5) is 0 Å². The molecule has 0 bridgehead atoms. The highest BCUT2D eigenvalue weighted by Gasteiger charge is 2.09. The largest absolute Gasteiger partial charge is 0.345 e. The minimum Gasteiger partial charge on any atom is -0.345 e. The quantitative estimate of drug-likeness (QED) is 0.504. The van der Waals surface area contributed by atoms with E-state index in [0.29, 0.717) is 27.6 Å². The highest BCUT2D eigenvalue weighted by Crippen LogP contribution is 2.08. The van der Waals surface area contributed by atoms with Gasteiger partial charge in [0.05, 0.1) is 5.33 Å². The zero-order chi connectivity index (χ0) is 22.1. The van der Waals surface area contributed by atoms with Gasteiger partial charge in [0.2, 0.25) is 0 Å². The molecular weight excluding hydrogens is 436 g/mol. The number of benzene rings is 2. The van der Waals surface area contributed by atoms with Crippen molar-refractivity contribution in [1.82, 2.24) is 9.80 Å². The van der Waals surface area contributed by atoms with Crippen LogP contribution in [0.1, 0.15) is 48.4 Å². The van der Waals surface area contributed by atoms with E-state index in [9.17, 15) is 19.2 Å². The maximum absolute atomic E-state index is 11.5. The third-order valence-electron chi connectivity index (χ3n) is 3.93. The highest BCUT2D eigenvalue weighted by molar-refractivity contribution is 9.09. The molecule has 0 aliphatic carbocycles. The summed E-state index contributed by atoms with van der Waals surface area (Å²) in [6.07, 6.45) is 0. The fourth-order valence-electron chi connectivity index (χ4n) is 2.24. The van der Waals surface area contributed by atoms with Gasteiger partial charge in [0.25, 0.3) is 11.8 Å². The first-order valence-electron chi connectivity index (χ1n) is 8.82. The van der Waals surface area contributed by atoms with Crippen LogP contribution in [0.5, 0.6) is 0 Å². The number of carbonyl (C=O) groups is 4. The number of hydrogen-bond donors (Lipinski definition) is 0. The van der Waals surface area contributed by atoms with Gasteiger partial charge in [-0.1, -0.05) is 40.2 Å². The average molecular weight is 461 g/mol. The highest BCUT2D eigenvalue weighted by atomic mass is 79.9. The molecule has 2 aromatic carbocycles. The monoisotopic (exact) mass is 460 g/mol. The van der Waals surface area contributed by atoms with E-state index in [2.05, 4.69) is 15.9 Å². The molecule has 0 saturated heterocycles. The van der Waals surface area contributed by atoms with Crippen molar-refractivity contribution >= 4 is 39.3 Å². The minimum atomic E-state index is -0.0622. The maximum atomic E-state index is 11.5. The molecule has 0 aliphatic rings. The second-order valence-electron chi connectivity index (χ2n) is 6.67. The van der Waals surface area contributed by atoms with E-state index in [1.807, 2.05) is 0 Å². The van der Waals surface area contributed by atoms with Crippen LogP contribution in [0.2, 0.25) is 0 Å². The summed E-state index contributed by atoms with van der Waals surface area (Å²) in [7, 11) is 6.78. The Bertz CT molecular complexity index is 873. The van der Waals surface area contributed by atoms with Gasteiger partial charge in [-0.15, -0.1) is 0 Å². The third-order valence-corrected chi connectivity index (χ3v) is 4.44. The Hall–Kier alpha value is -2.80. The Balaban J connectivity index is 0.000000291. The number of ketones is 2. The Labute approximate surface area is 179 Å². The van der Waals surface area contributed by atoms with Crippen LogP contribution in [0.25, 0.3) is 0 Å². The Morgan fingerprint density at radius 3 is 1.24 bits per heavy atom. The molecule has 0 saturated carbocycles. The van der Waals surface area contributed by atoms with Gasteiger partial charge in [-0.3, -0.25) is 19.2 Å². The summed E-state index contributed by atoms with van der Waals surface area (Å²) in [5.74, 6) is -0.0966. The molecule has 0 radical (unpaired) electrons. The molecule has 0 aliphatic heterocycles. The number of rotatable bonds is 5. The van der Waals surface area contributed by atoms with E-state index < -0.39 is 0 Å². The zero-order valence-corrected chi connectivity index (χ0v) is 18.8. The number of nitrogens with zero attached hydrogens (tertiary/aromatic N) is 2. The van der Waals surface area contributed by atoms with Crippen LogP contribution in [0, 0.1) is 0 Å². The Morgan fingerprint density at radius 2 is 0.966 bits per heavy atom. The second-order valence-corrected chi connectivity index (χ2v) is 7.23. The van der Waals surface area contributed by atoms with Gasteiger partial charge in [-0.05, 0) is 31.2 Å².